The van der Waals surface area contributed by atoms with E-state index in [1.165, 1.54) is 12.1 Å². The summed E-state index contributed by atoms with van der Waals surface area (Å²) < 4.78 is 13.1. The zero-order chi connectivity index (χ0) is 14.5. The van der Waals surface area contributed by atoms with Crippen LogP contribution in [0.2, 0.25) is 0 Å². The molecule has 21 heavy (non-hydrogen) atoms. The number of likely N-dealkylation sites (tertiary alicyclic amines) is 1. The number of piperidine rings is 1. The Balaban J connectivity index is 0.00000220. The van der Waals surface area contributed by atoms with Crippen LogP contribution < -0.4 is 11.1 Å². The van der Waals surface area contributed by atoms with Crippen molar-refractivity contribution in [2.75, 3.05) is 18.4 Å². The van der Waals surface area contributed by atoms with Crippen molar-refractivity contribution in [1.82, 2.24) is 4.90 Å². The van der Waals surface area contributed by atoms with Crippen molar-refractivity contribution >= 4 is 24.0 Å². The van der Waals surface area contributed by atoms with Gasteiger partial charge in [0.05, 0.1) is 6.54 Å². The lowest BCUT2D eigenvalue weighted by Crippen LogP contribution is -2.51. The van der Waals surface area contributed by atoms with E-state index in [0.29, 0.717) is 12.2 Å². The fourth-order valence-electron chi connectivity index (χ4n) is 2.76. The van der Waals surface area contributed by atoms with Gasteiger partial charge in [0.2, 0.25) is 5.91 Å². The number of nitrogens with one attached hydrogen (secondary N) is 1. The van der Waals surface area contributed by atoms with Gasteiger partial charge in [0.15, 0.2) is 0 Å². The lowest BCUT2D eigenvalue weighted by Gasteiger charge is -2.37. The number of halogens is 2. The number of benzene rings is 1. The van der Waals surface area contributed by atoms with Crippen molar-refractivity contribution in [2.45, 2.75) is 38.3 Å². The van der Waals surface area contributed by atoms with Crippen LogP contribution in [-0.4, -0.2) is 36.0 Å². The first kappa shape index (κ1) is 17.9. The van der Waals surface area contributed by atoms with E-state index in [-0.39, 0.29) is 36.2 Å². The summed E-state index contributed by atoms with van der Waals surface area (Å²) in [5.41, 5.74) is 6.47. The van der Waals surface area contributed by atoms with Gasteiger partial charge in [-0.05, 0) is 44.5 Å². The summed E-state index contributed by atoms with van der Waals surface area (Å²) in [5, 5.41) is 2.73. The molecule has 1 heterocycles. The number of hydrogen-bond donors (Lipinski definition) is 2. The molecule has 1 aromatic rings. The normalized spacial score (nSPS) is 20.4. The lowest BCUT2D eigenvalue weighted by atomic mass is 9.97. The summed E-state index contributed by atoms with van der Waals surface area (Å²) in [6.45, 7) is 3.18. The number of amides is 1. The molecule has 1 fully saturated rings. The Morgan fingerprint density at radius 2 is 2.29 bits per heavy atom. The second-order valence-electron chi connectivity index (χ2n) is 5.45. The first-order valence-electron chi connectivity index (χ1n) is 7.11. The molecule has 3 N–H and O–H groups in total. The molecule has 0 spiro atoms. The molecule has 1 aliphatic heterocycles. The van der Waals surface area contributed by atoms with E-state index in [1.807, 2.05) is 6.92 Å². The van der Waals surface area contributed by atoms with E-state index in [9.17, 15) is 9.18 Å². The first-order valence-corrected chi connectivity index (χ1v) is 7.11. The number of rotatable bonds is 4. The largest absolute Gasteiger partial charge is 0.327 e. The molecule has 6 heteroatoms. The van der Waals surface area contributed by atoms with Gasteiger partial charge in [0, 0.05) is 17.8 Å². The second kappa shape index (κ2) is 8.32. The van der Waals surface area contributed by atoms with Crippen LogP contribution in [0.25, 0.3) is 0 Å². The molecule has 0 bridgehead atoms. The molecule has 2 unspecified atom stereocenters. The Hall–Kier alpha value is -1.17. The minimum Gasteiger partial charge on any atom is -0.327 e. The van der Waals surface area contributed by atoms with Gasteiger partial charge in [0.1, 0.15) is 5.82 Å². The highest BCUT2D eigenvalue weighted by atomic mass is 35.5. The zero-order valence-electron chi connectivity index (χ0n) is 12.2. The molecule has 1 amide bonds. The number of carbonyl (C=O) groups excluding carboxylic acids is 1. The van der Waals surface area contributed by atoms with Crippen molar-refractivity contribution in [3.63, 3.8) is 0 Å². The average Bonchev–Trinajstić information content (AvgIpc) is 2.38. The number of hydrogen-bond acceptors (Lipinski definition) is 3. The van der Waals surface area contributed by atoms with E-state index in [0.717, 1.165) is 25.8 Å². The Bertz CT molecular complexity index is 470. The second-order valence-corrected chi connectivity index (χ2v) is 5.45. The monoisotopic (exact) mass is 315 g/mol. The molecule has 4 nitrogen and oxygen atoms in total. The first-order chi connectivity index (χ1) is 9.56. The molecular formula is C15H23ClFN3O. The van der Waals surface area contributed by atoms with Gasteiger partial charge < -0.3 is 11.1 Å². The third-order valence-corrected chi connectivity index (χ3v) is 3.73. The van der Waals surface area contributed by atoms with Gasteiger partial charge in [0.25, 0.3) is 0 Å². The molecule has 0 radical (unpaired) electrons. The molecule has 1 saturated heterocycles. The number of carbonyl (C=O) groups is 1. The van der Waals surface area contributed by atoms with Crippen LogP contribution in [0.5, 0.6) is 0 Å². The van der Waals surface area contributed by atoms with Crippen molar-refractivity contribution in [2.24, 2.45) is 5.73 Å². The summed E-state index contributed by atoms with van der Waals surface area (Å²) in [6.07, 6.45) is 3.29. The molecule has 1 aromatic carbocycles. The topological polar surface area (TPSA) is 58.4 Å². The minimum atomic E-state index is -0.353. The predicted octanol–water partition coefficient (Wildman–Crippen LogP) is 2.39. The maximum absolute atomic E-state index is 13.1. The van der Waals surface area contributed by atoms with Gasteiger partial charge in [-0.25, -0.2) is 4.39 Å². The minimum absolute atomic E-state index is 0. The molecule has 118 valence electrons. The van der Waals surface area contributed by atoms with Crippen molar-refractivity contribution < 1.29 is 9.18 Å². The molecule has 1 aliphatic rings. The van der Waals surface area contributed by atoms with Crippen molar-refractivity contribution in [3.05, 3.63) is 30.1 Å². The number of anilines is 1. The Morgan fingerprint density at radius 3 is 2.95 bits per heavy atom. The van der Waals surface area contributed by atoms with Crippen LogP contribution in [0.3, 0.4) is 0 Å². The summed E-state index contributed by atoms with van der Waals surface area (Å²) in [7, 11) is 0. The molecule has 0 aromatic heterocycles. The average molecular weight is 316 g/mol. The number of nitrogens with two attached hydrogens (primary N) is 1. The van der Waals surface area contributed by atoms with Crippen molar-refractivity contribution in [3.8, 4) is 0 Å². The Labute approximate surface area is 131 Å². The molecular weight excluding hydrogens is 293 g/mol. The number of nitrogens with zero attached hydrogens (tertiary/aromatic N) is 1. The van der Waals surface area contributed by atoms with Gasteiger partial charge in [-0.1, -0.05) is 12.5 Å². The Morgan fingerprint density at radius 1 is 1.52 bits per heavy atom. The third-order valence-electron chi connectivity index (χ3n) is 3.73. The van der Waals surface area contributed by atoms with E-state index in [2.05, 4.69) is 10.2 Å². The third kappa shape index (κ3) is 5.26. The van der Waals surface area contributed by atoms with Gasteiger partial charge in [-0.3, -0.25) is 9.69 Å². The summed E-state index contributed by atoms with van der Waals surface area (Å²) >= 11 is 0. The highest BCUT2D eigenvalue weighted by Gasteiger charge is 2.26. The van der Waals surface area contributed by atoms with Crippen LogP contribution in [0.1, 0.15) is 26.2 Å². The molecule has 0 saturated carbocycles. The summed E-state index contributed by atoms with van der Waals surface area (Å²) in [6, 6.07) is 6.24. The van der Waals surface area contributed by atoms with Crippen LogP contribution in [0.4, 0.5) is 10.1 Å². The predicted molar refractivity (Wildman–Crippen MR) is 85.1 cm³/mol. The smallest absolute Gasteiger partial charge is 0.238 e. The molecule has 2 atom stereocenters. The summed E-state index contributed by atoms with van der Waals surface area (Å²) in [5.74, 6) is -0.475. The van der Waals surface area contributed by atoms with Crippen LogP contribution in [0.15, 0.2) is 24.3 Å². The lowest BCUT2D eigenvalue weighted by molar-refractivity contribution is -0.118. The highest BCUT2D eigenvalue weighted by Crippen LogP contribution is 2.19. The summed E-state index contributed by atoms with van der Waals surface area (Å²) in [4.78, 5) is 14.2. The van der Waals surface area contributed by atoms with E-state index < -0.39 is 0 Å². The van der Waals surface area contributed by atoms with E-state index in [1.54, 1.807) is 12.1 Å². The Kier molecular flexibility index (Phi) is 7.08. The van der Waals surface area contributed by atoms with Gasteiger partial charge in [-0.2, -0.15) is 0 Å². The van der Waals surface area contributed by atoms with Crippen LogP contribution in [0, 0.1) is 5.82 Å². The van der Waals surface area contributed by atoms with E-state index >= 15 is 0 Å². The highest BCUT2D eigenvalue weighted by molar-refractivity contribution is 5.92. The van der Waals surface area contributed by atoms with Crippen LogP contribution >= 0.6 is 12.4 Å². The molecule has 2 rings (SSSR count). The fraction of sp³-hybridized carbons (Fsp3) is 0.533. The van der Waals surface area contributed by atoms with Gasteiger partial charge in [-0.15, -0.1) is 12.4 Å². The van der Waals surface area contributed by atoms with Gasteiger partial charge >= 0.3 is 0 Å². The maximum Gasteiger partial charge on any atom is 0.238 e. The quantitative estimate of drug-likeness (QED) is 0.897. The SMILES string of the molecule is CC(N)C1CCCCN1CC(=O)Nc1cccc(F)c1.Cl. The standard InChI is InChI=1S/C15H22FN3O.ClH/c1-11(17)14-7-2-3-8-19(14)10-15(20)18-13-6-4-5-12(16)9-13;/h4-6,9,11,14H,2-3,7-8,10,17H2,1H3,(H,18,20);1H. The van der Waals surface area contributed by atoms with Crippen LogP contribution in [-0.2, 0) is 4.79 Å². The van der Waals surface area contributed by atoms with Crippen molar-refractivity contribution in [1.29, 1.82) is 0 Å². The van der Waals surface area contributed by atoms with E-state index in [4.69, 9.17) is 5.73 Å². The zero-order valence-corrected chi connectivity index (χ0v) is 13.0. The molecule has 0 aliphatic carbocycles. The maximum atomic E-state index is 13.1. The fourth-order valence-corrected chi connectivity index (χ4v) is 2.76.